The molecule has 5 heteroatoms. The first-order valence-corrected chi connectivity index (χ1v) is 7.66. The Morgan fingerprint density at radius 1 is 1.18 bits per heavy atom. The van der Waals surface area contributed by atoms with E-state index in [0.29, 0.717) is 25.4 Å². The van der Waals surface area contributed by atoms with Crippen molar-refractivity contribution >= 4 is 18.3 Å². The Morgan fingerprint density at radius 2 is 1.77 bits per heavy atom. The van der Waals surface area contributed by atoms with Crippen LogP contribution in [0.5, 0.6) is 5.75 Å². The lowest BCUT2D eigenvalue weighted by Gasteiger charge is -2.16. The van der Waals surface area contributed by atoms with Gasteiger partial charge >= 0.3 is 0 Å². The Kier molecular flexibility index (Phi) is 9.86. The molecule has 0 saturated carbocycles. The van der Waals surface area contributed by atoms with Crippen molar-refractivity contribution in [3.63, 3.8) is 0 Å². The van der Waals surface area contributed by atoms with E-state index in [1.807, 2.05) is 38.1 Å². The molecule has 0 saturated heterocycles. The third kappa shape index (κ3) is 8.25. The number of ether oxygens (including phenoxy) is 1. The van der Waals surface area contributed by atoms with Gasteiger partial charge in [-0.05, 0) is 43.9 Å². The lowest BCUT2D eigenvalue weighted by Crippen LogP contribution is -2.28. The van der Waals surface area contributed by atoms with Crippen LogP contribution >= 0.6 is 12.4 Å². The lowest BCUT2D eigenvalue weighted by molar-refractivity contribution is -0.121. The van der Waals surface area contributed by atoms with Gasteiger partial charge in [-0.25, -0.2) is 0 Å². The van der Waals surface area contributed by atoms with Crippen molar-refractivity contribution in [2.45, 2.75) is 52.6 Å². The van der Waals surface area contributed by atoms with E-state index in [1.165, 1.54) is 0 Å². The SMILES string of the molecule is CC(C)COc1ccc(C(C)NC(=O)CCC(C)N)cc1.Cl. The van der Waals surface area contributed by atoms with Crippen molar-refractivity contribution in [1.82, 2.24) is 5.32 Å². The van der Waals surface area contributed by atoms with Crippen molar-refractivity contribution in [2.24, 2.45) is 11.7 Å². The maximum atomic E-state index is 11.8. The smallest absolute Gasteiger partial charge is 0.220 e. The third-order valence-electron chi connectivity index (χ3n) is 3.17. The fourth-order valence-electron chi connectivity index (χ4n) is 1.87. The molecular formula is C17H29ClN2O2. The Morgan fingerprint density at radius 3 is 2.27 bits per heavy atom. The standard InChI is InChI=1S/C17H28N2O2.ClH/c1-12(2)11-21-16-8-6-15(7-9-16)14(4)19-17(20)10-5-13(3)18;/h6-9,12-14H,5,10-11,18H2,1-4H3,(H,19,20);1H. The molecule has 0 fully saturated rings. The van der Waals surface area contributed by atoms with Crippen LogP contribution in [0.1, 0.15) is 52.1 Å². The monoisotopic (exact) mass is 328 g/mol. The van der Waals surface area contributed by atoms with Crippen molar-refractivity contribution in [3.05, 3.63) is 29.8 Å². The number of amides is 1. The van der Waals surface area contributed by atoms with E-state index >= 15 is 0 Å². The van der Waals surface area contributed by atoms with Gasteiger partial charge in [-0.2, -0.15) is 0 Å². The van der Waals surface area contributed by atoms with Gasteiger partial charge in [-0.3, -0.25) is 4.79 Å². The predicted molar refractivity (Wildman–Crippen MR) is 93.5 cm³/mol. The summed E-state index contributed by atoms with van der Waals surface area (Å²) in [6.07, 6.45) is 1.18. The minimum Gasteiger partial charge on any atom is -0.493 e. The number of nitrogens with two attached hydrogens (primary N) is 1. The molecule has 0 spiro atoms. The first-order chi connectivity index (χ1) is 9.88. The summed E-state index contributed by atoms with van der Waals surface area (Å²) in [5.74, 6) is 1.41. The minimum atomic E-state index is -0.00951. The molecule has 2 unspecified atom stereocenters. The van der Waals surface area contributed by atoms with Crippen LogP contribution < -0.4 is 15.8 Å². The van der Waals surface area contributed by atoms with E-state index in [0.717, 1.165) is 11.3 Å². The molecule has 0 aliphatic carbocycles. The molecule has 1 aromatic carbocycles. The van der Waals surface area contributed by atoms with Crippen LogP contribution in [0, 0.1) is 5.92 Å². The first kappa shape index (κ1) is 20.7. The number of hydrogen-bond donors (Lipinski definition) is 2. The van der Waals surface area contributed by atoms with Crippen molar-refractivity contribution in [2.75, 3.05) is 6.61 Å². The highest BCUT2D eigenvalue weighted by Crippen LogP contribution is 2.18. The summed E-state index contributed by atoms with van der Waals surface area (Å²) in [5.41, 5.74) is 6.73. The van der Waals surface area contributed by atoms with E-state index in [9.17, 15) is 4.79 Å². The van der Waals surface area contributed by atoms with Gasteiger partial charge < -0.3 is 15.8 Å². The first-order valence-electron chi connectivity index (χ1n) is 7.66. The largest absolute Gasteiger partial charge is 0.493 e. The van der Waals surface area contributed by atoms with Gasteiger partial charge in [0, 0.05) is 12.5 Å². The van der Waals surface area contributed by atoms with Gasteiger partial charge in [-0.1, -0.05) is 26.0 Å². The quantitative estimate of drug-likeness (QED) is 0.768. The summed E-state index contributed by atoms with van der Waals surface area (Å²) in [6.45, 7) is 8.84. The van der Waals surface area contributed by atoms with E-state index < -0.39 is 0 Å². The summed E-state index contributed by atoms with van der Waals surface area (Å²) in [7, 11) is 0. The summed E-state index contributed by atoms with van der Waals surface area (Å²) in [6, 6.07) is 7.93. The second-order valence-corrected chi connectivity index (χ2v) is 6.08. The molecule has 0 aromatic heterocycles. The molecule has 1 amide bonds. The summed E-state index contributed by atoms with van der Waals surface area (Å²) < 4.78 is 5.65. The fraction of sp³-hybridized carbons (Fsp3) is 0.588. The Labute approximate surface area is 140 Å². The highest BCUT2D eigenvalue weighted by Gasteiger charge is 2.10. The van der Waals surface area contributed by atoms with Crippen LogP contribution in [0.2, 0.25) is 0 Å². The predicted octanol–water partition coefficient (Wildman–Crippen LogP) is 3.45. The summed E-state index contributed by atoms with van der Waals surface area (Å²) in [4.78, 5) is 11.8. The number of benzene rings is 1. The van der Waals surface area contributed by atoms with Gasteiger partial charge in [0.25, 0.3) is 0 Å². The second-order valence-electron chi connectivity index (χ2n) is 6.08. The number of hydrogen-bond acceptors (Lipinski definition) is 3. The highest BCUT2D eigenvalue weighted by molar-refractivity contribution is 5.85. The molecular weight excluding hydrogens is 300 g/mol. The zero-order chi connectivity index (χ0) is 15.8. The van der Waals surface area contributed by atoms with Gasteiger partial charge in [0.15, 0.2) is 0 Å². The fourth-order valence-corrected chi connectivity index (χ4v) is 1.87. The number of carbonyl (C=O) groups excluding carboxylic acids is 1. The highest BCUT2D eigenvalue weighted by atomic mass is 35.5. The molecule has 0 radical (unpaired) electrons. The van der Waals surface area contributed by atoms with E-state index in [-0.39, 0.29) is 30.4 Å². The van der Waals surface area contributed by atoms with Crippen LogP contribution in [0.4, 0.5) is 0 Å². The molecule has 1 rings (SSSR count). The normalized spacial score (nSPS) is 13.2. The van der Waals surface area contributed by atoms with Gasteiger partial charge in [0.05, 0.1) is 12.6 Å². The average molecular weight is 329 g/mol. The second kappa shape index (κ2) is 10.5. The molecule has 22 heavy (non-hydrogen) atoms. The number of nitrogens with one attached hydrogen (secondary N) is 1. The Hall–Kier alpha value is -1.26. The van der Waals surface area contributed by atoms with E-state index in [4.69, 9.17) is 10.5 Å². The van der Waals surface area contributed by atoms with Crippen LogP contribution in [-0.2, 0) is 4.79 Å². The average Bonchev–Trinajstić information content (AvgIpc) is 2.43. The molecule has 0 aliphatic rings. The van der Waals surface area contributed by atoms with E-state index in [2.05, 4.69) is 19.2 Å². The molecule has 126 valence electrons. The van der Waals surface area contributed by atoms with Gasteiger partial charge in [0.1, 0.15) is 5.75 Å². The maximum absolute atomic E-state index is 11.8. The number of halogens is 1. The van der Waals surface area contributed by atoms with Gasteiger partial charge in [0.2, 0.25) is 5.91 Å². The van der Waals surface area contributed by atoms with Crippen molar-refractivity contribution in [1.29, 1.82) is 0 Å². The topological polar surface area (TPSA) is 64.3 Å². The van der Waals surface area contributed by atoms with Gasteiger partial charge in [-0.15, -0.1) is 12.4 Å². The third-order valence-corrected chi connectivity index (χ3v) is 3.17. The number of rotatable bonds is 8. The minimum absolute atomic E-state index is 0. The maximum Gasteiger partial charge on any atom is 0.220 e. The summed E-state index contributed by atoms with van der Waals surface area (Å²) in [5, 5.41) is 2.99. The molecule has 2 atom stereocenters. The van der Waals surface area contributed by atoms with Crippen molar-refractivity contribution < 1.29 is 9.53 Å². The zero-order valence-electron chi connectivity index (χ0n) is 14.0. The summed E-state index contributed by atoms with van der Waals surface area (Å²) >= 11 is 0. The van der Waals surface area contributed by atoms with Crippen LogP contribution in [0.25, 0.3) is 0 Å². The number of carbonyl (C=O) groups is 1. The molecule has 0 bridgehead atoms. The molecule has 3 N–H and O–H groups in total. The molecule has 0 aliphatic heterocycles. The van der Waals surface area contributed by atoms with Crippen LogP contribution in [0.3, 0.4) is 0 Å². The Balaban J connectivity index is 0.00000441. The van der Waals surface area contributed by atoms with E-state index in [1.54, 1.807) is 0 Å². The van der Waals surface area contributed by atoms with Crippen LogP contribution in [0.15, 0.2) is 24.3 Å². The molecule has 4 nitrogen and oxygen atoms in total. The van der Waals surface area contributed by atoms with Crippen molar-refractivity contribution in [3.8, 4) is 5.75 Å². The van der Waals surface area contributed by atoms with Crippen LogP contribution in [-0.4, -0.2) is 18.6 Å². The Bertz CT molecular complexity index is 433. The molecule has 0 heterocycles. The lowest BCUT2D eigenvalue weighted by atomic mass is 10.1. The molecule has 1 aromatic rings. The zero-order valence-corrected chi connectivity index (χ0v) is 14.8.